The van der Waals surface area contributed by atoms with Gasteiger partial charge in [-0.2, -0.15) is 0 Å². The number of rotatable bonds is 5. The Morgan fingerprint density at radius 2 is 2.04 bits per heavy atom. The maximum atomic E-state index is 12.0. The molecule has 0 bridgehead atoms. The molecule has 25 heavy (non-hydrogen) atoms. The fourth-order valence-corrected chi connectivity index (χ4v) is 2.76. The number of H-pyrrole nitrogens is 1. The van der Waals surface area contributed by atoms with E-state index >= 15 is 0 Å². The fourth-order valence-electron chi connectivity index (χ4n) is 2.76. The number of nitrogens with zero attached hydrogens (tertiary/aromatic N) is 1. The van der Waals surface area contributed by atoms with Crippen LogP contribution in [0.4, 0.5) is 0 Å². The highest BCUT2D eigenvalue weighted by molar-refractivity contribution is 5.69. The zero-order chi connectivity index (χ0) is 17.8. The van der Waals surface area contributed by atoms with Gasteiger partial charge < -0.3 is 14.6 Å². The molecule has 1 saturated heterocycles. The molecule has 132 valence electrons. The molecule has 2 aromatic rings. The Kier molecular flexibility index (Phi) is 5.16. The average Bonchev–Trinajstić information content (AvgIpc) is 3.10. The maximum absolute atomic E-state index is 12.0. The summed E-state index contributed by atoms with van der Waals surface area (Å²) >= 11 is 0. The molecule has 0 saturated carbocycles. The minimum Gasteiger partial charge on any atom is -0.497 e. The van der Waals surface area contributed by atoms with Crippen molar-refractivity contribution in [3.8, 4) is 5.75 Å². The van der Waals surface area contributed by atoms with E-state index in [-0.39, 0.29) is 12.7 Å². The number of benzene rings is 1. The molecule has 2 N–H and O–H groups in total. The van der Waals surface area contributed by atoms with Crippen molar-refractivity contribution in [1.29, 1.82) is 0 Å². The largest absolute Gasteiger partial charge is 0.497 e. The Labute approximate surface area is 144 Å². The Morgan fingerprint density at radius 1 is 1.28 bits per heavy atom. The lowest BCUT2D eigenvalue weighted by atomic mass is 10.2. The van der Waals surface area contributed by atoms with Crippen LogP contribution in [0, 0.1) is 0 Å². The molecule has 7 heteroatoms. The number of aliphatic hydroxyl groups is 1. The quantitative estimate of drug-likeness (QED) is 0.855. The lowest BCUT2D eigenvalue weighted by Gasteiger charge is -2.15. The van der Waals surface area contributed by atoms with Gasteiger partial charge in [0.05, 0.1) is 25.4 Å². The van der Waals surface area contributed by atoms with Crippen molar-refractivity contribution in [2.24, 2.45) is 0 Å². The summed E-state index contributed by atoms with van der Waals surface area (Å²) in [5, 5.41) is 9.16. The summed E-state index contributed by atoms with van der Waals surface area (Å²) in [4.78, 5) is 26.4. The van der Waals surface area contributed by atoms with Gasteiger partial charge in [0.25, 0.3) is 5.56 Å². The standard InChI is InChI=1S/C18H20N2O5/c1-24-14-6-3-12(4-7-14)2-5-13-10-20(18(23)19-17(13)22)16-9-8-15(11-21)25-16/h2-7,10,15-16,21H,8-9,11H2,1H3,(H,19,22,23)/b5-2+/t15-,16+/m0/s1. The van der Waals surface area contributed by atoms with Crippen LogP contribution >= 0.6 is 0 Å². The number of methoxy groups -OCH3 is 1. The molecule has 2 heterocycles. The van der Waals surface area contributed by atoms with Gasteiger partial charge in [-0.1, -0.05) is 18.2 Å². The summed E-state index contributed by atoms with van der Waals surface area (Å²) in [6, 6.07) is 7.38. The Balaban J connectivity index is 1.86. The highest BCUT2D eigenvalue weighted by Crippen LogP contribution is 2.26. The van der Waals surface area contributed by atoms with Crippen molar-refractivity contribution in [2.75, 3.05) is 13.7 Å². The predicted molar refractivity (Wildman–Crippen MR) is 93.5 cm³/mol. The molecule has 1 aliphatic rings. The third kappa shape index (κ3) is 3.89. The van der Waals surface area contributed by atoms with Gasteiger partial charge >= 0.3 is 5.69 Å². The van der Waals surface area contributed by atoms with Crippen molar-refractivity contribution in [2.45, 2.75) is 25.2 Å². The van der Waals surface area contributed by atoms with Gasteiger partial charge in [-0.05, 0) is 36.6 Å². The van der Waals surface area contributed by atoms with E-state index in [1.807, 2.05) is 24.3 Å². The summed E-state index contributed by atoms with van der Waals surface area (Å²) in [6.07, 6.45) is 5.45. The summed E-state index contributed by atoms with van der Waals surface area (Å²) in [7, 11) is 1.60. The number of aliphatic hydroxyl groups excluding tert-OH is 1. The highest BCUT2D eigenvalue weighted by Gasteiger charge is 2.26. The molecule has 1 aromatic heterocycles. The SMILES string of the molecule is COc1ccc(/C=C/c2cn([C@H]3CC[C@@H](CO)O3)c(=O)[nH]c2=O)cc1. The second kappa shape index (κ2) is 7.50. The predicted octanol–water partition coefficient (Wildman–Crippen LogP) is 1.39. The first-order chi connectivity index (χ1) is 12.1. The topological polar surface area (TPSA) is 93.6 Å². The van der Waals surface area contributed by atoms with Crippen molar-refractivity contribution in [3.05, 3.63) is 62.4 Å². The molecule has 0 aliphatic carbocycles. The van der Waals surface area contributed by atoms with Crippen LogP contribution in [0.3, 0.4) is 0 Å². The van der Waals surface area contributed by atoms with Crippen LogP contribution in [0.2, 0.25) is 0 Å². The third-order valence-corrected chi connectivity index (χ3v) is 4.17. The van der Waals surface area contributed by atoms with E-state index in [4.69, 9.17) is 14.6 Å². The molecule has 0 unspecified atom stereocenters. The van der Waals surface area contributed by atoms with Crippen molar-refractivity contribution < 1.29 is 14.6 Å². The summed E-state index contributed by atoms with van der Waals surface area (Å²) in [5.74, 6) is 0.750. The zero-order valence-electron chi connectivity index (χ0n) is 13.8. The lowest BCUT2D eigenvalue weighted by molar-refractivity contribution is -0.0246. The molecule has 0 radical (unpaired) electrons. The van der Waals surface area contributed by atoms with Crippen molar-refractivity contribution in [1.82, 2.24) is 9.55 Å². The smallest absolute Gasteiger partial charge is 0.330 e. The fraction of sp³-hybridized carbons (Fsp3) is 0.333. The summed E-state index contributed by atoms with van der Waals surface area (Å²) in [5.41, 5.74) is 0.278. The number of aromatic amines is 1. The van der Waals surface area contributed by atoms with Crippen LogP contribution in [0.1, 0.15) is 30.2 Å². The molecule has 1 aliphatic heterocycles. The first kappa shape index (κ1) is 17.2. The van der Waals surface area contributed by atoms with Crippen LogP contribution in [0.5, 0.6) is 5.75 Å². The van der Waals surface area contributed by atoms with E-state index in [0.29, 0.717) is 18.4 Å². The van der Waals surface area contributed by atoms with E-state index in [1.165, 1.54) is 10.8 Å². The monoisotopic (exact) mass is 344 g/mol. The number of hydrogen-bond acceptors (Lipinski definition) is 5. The van der Waals surface area contributed by atoms with Crippen LogP contribution in [0.15, 0.2) is 40.1 Å². The van der Waals surface area contributed by atoms with E-state index in [1.54, 1.807) is 19.3 Å². The Bertz CT molecular complexity index is 866. The van der Waals surface area contributed by atoms with Crippen LogP contribution < -0.4 is 16.0 Å². The minimum atomic E-state index is -0.518. The Hall–Kier alpha value is -2.64. The summed E-state index contributed by atoms with van der Waals surface area (Å²) < 4.78 is 12.1. The summed E-state index contributed by atoms with van der Waals surface area (Å²) in [6.45, 7) is -0.0845. The first-order valence-corrected chi connectivity index (χ1v) is 8.04. The second-order valence-corrected chi connectivity index (χ2v) is 5.83. The molecule has 1 aromatic carbocycles. The van der Waals surface area contributed by atoms with E-state index in [0.717, 1.165) is 11.3 Å². The van der Waals surface area contributed by atoms with E-state index < -0.39 is 17.5 Å². The van der Waals surface area contributed by atoms with Gasteiger partial charge in [-0.15, -0.1) is 0 Å². The molecule has 0 spiro atoms. The minimum absolute atomic E-state index is 0.0845. The molecule has 7 nitrogen and oxygen atoms in total. The molecule has 0 amide bonds. The molecule has 1 fully saturated rings. The number of aromatic nitrogens is 2. The highest BCUT2D eigenvalue weighted by atomic mass is 16.5. The average molecular weight is 344 g/mol. The number of nitrogens with one attached hydrogen (secondary N) is 1. The van der Waals surface area contributed by atoms with Gasteiger partial charge in [0.1, 0.15) is 12.0 Å². The van der Waals surface area contributed by atoms with Crippen LogP contribution in [-0.4, -0.2) is 34.5 Å². The van der Waals surface area contributed by atoms with Gasteiger partial charge in [0.15, 0.2) is 0 Å². The second-order valence-electron chi connectivity index (χ2n) is 5.83. The number of hydrogen-bond donors (Lipinski definition) is 2. The van der Waals surface area contributed by atoms with Crippen molar-refractivity contribution >= 4 is 12.2 Å². The third-order valence-electron chi connectivity index (χ3n) is 4.17. The van der Waals surface area contributed by atoms with Crippen LogP contribution in [-0.2, 0) is 4.74 Å². The van der Waals surface area contributed by atoms with Gasteiger partial charge in [-0.3, -0.25) is 14.3 Å². The molecule has 2 atom stereocenters. The van der Waals surface area contributed by atoms with Crippen LogP contribution in [0.25, 0.3) is 12.2 Å². The van der Waals surface area contributed by atoms with E-state index in [9.17, 15) is 9.59 Å². The van der Waals surface area contributed by atoms with Gasteiger partial charge in [-0.25, -0.2) is 4.79 Å². The van der Waals surface area contributed by atoms with Crippen molar-refractivity contribution in [3.63, 3.8) is 0 Å². The van der Waals surface area contributed by atoms with Gasteiger partial charge in [0.2, 0.25) is 0 Å². The van der Waals surface area contributed by atoms with E-state index in [2.05, 4.69) is 4.98 Å². The maximum Gasteiger partial charge on any atom is 0.330 e. The lowest BCUT2D eigenvalue weighted by Crippen LogP contribution is -2.33. The van der Waals surface area contributed by atoms with Gasteiger partial charge in [0, 0.05) is 6.20 Å². The molecular formula is C18H20N2O5. The normalized spacial score (nSPS) is 20.2. The Morgan fingerprint density at radius 3 is 2.68 bits per heavy atom. The molecule has 3 rings (SSSR count). The number of ether oxygens (including phenoxy) is 2. The first-order valence-electron chi connectivity index (χ1n) is 8.04. The molecular weight excluding hydrogens is 324 g/mol. The zero-order valence-corrected chi connectivity index (χ0v) is 13.8.